The Labute approximate surface area is 171 Å². The molecule has 5 nitrogen and oxygen atoms in total. The average Bonchev–Trinajstić information content (AvgIpc) is 2.73. The van der Waals surface area contributed by atoms with E-state index in [4.69, 9.17) is 0 Å². The molecular formula is C23H29FN3O2+. The summed E-state index contributed by atoms with van der Waals surface area (Å²) >= 11 is 0. The number of carbonyl (C=O) groups is 2. The molecular weight excluding hydrogens is 369 g/mol. The second-order valence-corrected chi connectivity index (χ2v) is 7.79. The molecule has 2 aromatic rings. The Kier molecular flexibility index (Phi) is 6.64. The van der Waals surface area contributed by atoms with Crippen molar-refractivity contribution < 1.29 is 18.9 Å². The number of carbonyl (C=O) groups excluding carboxylic acids is 2. The van der Waals surface area contributed by atoms with Crippen LogP contribution in [0.4, 0.5) is 10.1 Å². The van der Waals surface area contributed by atoms with Gasteiger partial charge in [0.2, 0.25) is 0 Å². The van der Waals surface area contributed by atoms with Crippen LogP contribution in [-0.2, 0) is 11.3 Å². The standard InChI is InChI=1S/C23H28FN3O2/c1-17(23(29)25(3)16-19-5-4-6-21(24)15-19)26-11-13-27(14-12-26)22-9-7-20(8-10-22)18(2)28/h4-10,15,17H,11-14,16H2,1-3H3/p+1/t17-/m1/s1. The lowest BCUT2D eigenvalue weighted by atomic mass is 10.1. The van der Waals surface area contributed by atoms with Gasteiger partial charge >= 0.3 is 0 Å². The van der Waals surface area contributed by atoms with Crippen molar-refractivity contribution >= 4 is 17.4 Å². The second-order valence-electron chi connectivity index (χ2n) is 7.79. The number of halogens is 1. The lowest BCUT2D eigenvalue weighted by Crippen LogP contribution is -3.19. The predicted octanol–water partition coefficient (Wildman–Crippen LogP) is 1.78. The summed E-state index contributed by atoms with van der Waals surface area (Å²) in [5.74, 6) is -0.140. The number of rotatable bonds is 6. The molecule has 1 aliphatic rings. The van der Waals surface area contributed by atoms with Crippen LogP contribution in [0.1, 0.15) is 29.8 Å². The van der Waals surface area contributed by atoms with Crippen molar-refractivity contribution in [2.75, 3.05) is 38.1 Å². The topological polar surface area (TPSA) is 45.1 Å². The van der Waals surface area contributed by atoms with Crippen LogP contribution in [0.25, 0.3) is 0 Å². The van der Waals surface area contributed by atoms with E-state index in [1.807, 2.05) is 37.3 Å². The number of nitrogens with one attached hydrogen (secondary N) is 1. The molecule has 3 rings (SSSR count). The van der Waals surface area contributed by atoms with Crippen LogP contribution < -0.4 is 9.80 Å². The third-order valence-electron chi connectivity index (χ3n) is 5.71. The molecule has 1 atom stereocenters. The van der Waals surface area contributed by atoms with Gasteiger partial charge in [0.05, 0.1) is 26.2 Å². The van der Waals surface area contributed by atoms with E-state index in [0.29, 0.717) is 6.54 Å². The van der Waals surface area contributed by atoms with Crippen molar-refractivity contribution in [1.82, 2.24) is 4.90 Å². The van der Waals surface area contributed by atoms with Crippen molar-refractivity contribution in [3.8, 4) is 0 Å². The molecule has 6 heteroatoms. The molecule has 1 N–H and O–H groups in total. The summed E-state index contributed by atoms with van der Waals surface area (Å²) in [5, 5.41) is 0. The minimum absolute atomic E-state index is 0.0699. The predicted molar refractivity (Wildman–Crippen MR) is 112 cm³/mol. The number of quaternary nitrogens is 1. The van der Waals surface area contributed by atoms with Crippen LogP contribution in [0.3, 0.4) is 0 Å². The van der Waals surface area contributed by atoms with Gasteiger partial charge in [-0.2, -0.15) is 0 Å². The molecule has 1 aliphatic heterocycles. The monoisotopic (exact) mass is 398 g/mol. The smallest absolute Gasteiger partial charge is 0.280 e. The van der Waals surface area contributed by atoms with Gasteiger partial charge in [-0.15, -0.1) is 0 Å². The number of ketones is 1. The number of anilines is 1. The number of hydrogen-bond donors (Lipinski definition) is 1. The quantitative estimate of drug-likeness (QED) is 0.755. The normalized spacial score (nSPS) is 15.8. The minimum Gasteiger partial charge on any atom is -0.360 e. The third kappa shape index (κ3) is 5.21. The Morgan fingerprint density at radius 1 is 1.14 bits per heavy atom. The molecule has 2 aromatic carbocycles. The molecule has 1 heterocycles. The van der Waals surface area contributed by atoms with Gasteiger partial charge in [-0.1, -0.05) is 12.1 Å². The number of benzene rings is 2. The van der Waals surface area contributed by atoms with Crippen LogP contribution >= 0.6 is 0 Å². The van der Waals surface area contributed by atoms with E-state index >= 15 is 0 Å². The van der Waals surface area contributed by atoms with E-state index in [-0.39, 0.29) is 23.5 Å². The van der Waals surface area contributed by atoms with Gasteiger partial charge in [-0.3, -0.25) is 9.59 Å². The van der Waals surface area contributed by atoms with E-state index in [1.54, 1.807) is 24.9 Å². The van der Waals surface area contributed by atoms with Crippen LogP contribution in [0.2, 0.25) is 0 Å². The Morgan fingerprint density at radius 3 is 2.38 bits per heavy atom. The maximum absolute atomic E-state index is 13.4. The zero-order chi connectivity index (χ0) is 21.0. The summed E-state index contributed by atoms with van der Waals surface area (Å²) in [6.07, 6.45) is 0. The summed E-state index contributed by atoms with van der Waals surface area (Å²) in [6, 6.07) is 13.9. The molecule has 0 radical (unpaired) electrons. The maximum Gasteiger partial charge on any atom is 0.280 e. The van der Waals surface area contributed by atoms with E-state index in [2.05, 4.69) is 4.90 Å². The summed E-state index contributed by atoms with van der Waals surface area (Å²) in [5.41, 5.74) is 2.62. The molecule has 1 fully saturated rings. The first kappa shape index (κ1) is 21.0. The Balaban J connectivity index is 1.54. The summed E-state index contributed by atoms with van der Waals surface area (Å²) < 4.78 is 13.4. The number of nitrogens with zero attached hydrogens (tertiary/aromatic N) is 2. The lowest BCUT2D eigenvalue weighted by Gasteiger charge is -2.37. The molecule has 0 saturated carbocycles. The fourth-order valence-corrected chi connectivity index (χ4v) is 3.88. The highest BCUT2D eigenvalue weighted by Crippen LogP contribution is 2.15. The Bertz CT molecular complexity index is 861. The summed E-state index contributed by atoms with van der Waals surface area (Å²) in [4.78, 5) is 29.5. The highest BCUT2D eigenvalue weighted by Gasteiger charge is 2.31. The van der Waals surface area contributed by atoms with Crippen molar-refractivity contribution in [3.63, 3.8) is 0 Å². The first-order valence-electron chi connectivity index (χ1n) is 10.0. The molecule has 154 valence electrons. The first-order valence-corrected chi connectivity index (χ1v) is 10.0. The van der Waals surface area contributed by atoms with Crippen molar-refractivity contribution in [3.05, 3.63) is 65.5 Å². The van der Waals surface area contributed by atoms with Crippen LogP contribution in [-0.4, -0.2) is 55.9 Å². The van der Waals surface area contributed by atoms with Crippen molar-refractivity contribution in [2.45, 2.75) is 26.4 Å². The van der Waals surface area contributed by atoms with Crippen LogP contribution in [0, 0.1) is 5.82 Å². The second kappa shape index (κ2) is 9.18. The van der Waals surface area contributed by atoms with E-state index < -0.39 is 0 Å². The number of hydrogen-bond acceptors (Lipinski definition) is 3. The van der Waals surface area contributed by atoms with Crippen LogP contribution in [0.5, 0.6) is 0 Å². The van der Waals surface area contributed by atoms with Gasteiger partial charge in [0.25, 0.3) is 5.91 Å². The van der Waals surface area contributed by atoms with Crippen LogP contribution in [0.15, 0.2) is 48.5 Å². The molecule has 29 heavy (non-hydrogen) atoms. The lowest BCUT2D eigenvalue weighted by molar-refractivity contribution is -0.915. The largest absolute Gasteiger partial charge is 0.360 e. The first-order chi connectivity index (χ1) is 13.8. The number of amides is 1. The van der Waals surface area contributed by atoms with Gasteiger partial charge in [0, 0.05) is 24.8 Å². The molecule has 1 saturated heterocycles. The number of likely N-dealkylation sites (N-methyl/N-ethyl adjacent to an activating group) is 1. The molecule has 0 bridgehead atoms. The molecule has 0 unspecified atom stereocenters. The maximum atomic E-state index is 13.4. The highest BCUT2D eigenvalue weighted by atomic mass is 19.1. The number of piperazine rings is 1. The Morgan fingerprint density at radius 2 is 1.79 bits per heavy atom. The third-order valence-corrected chi connectivity index (χ3v) is 5.71. The zero-order valence-electron chi connectivity index (χ0n) is 17.3. The van der Waals surface area contributed by atoms with Gasteiger partial charge in [-0.25, -0.2) is 4.39 Å². The highest BCUT2D eigenvalue weighted by molar-refractivity contribution is 5.94. The molecule has 0 aliphatic carbocycles. The van der Waals surface area contributed by atoms with Gasteiger partial charge < -0.3 is 14.7 Å². The zero-order valence-corrected chi connectivity index (χ0v) is 17.3. The van der Waals surface area contributed by atoms with E-state index in [1.165, 1.54) is 17.0 Å². The van der Waals surface area contributed by atoms with Gasteiger partial charge in [0.1, 0.15) is 5.82 Å². The summed E-state index contributed by atoms with van der Waals surface area (Å²) in [7, 11) is 1.77. The van der Waals surface area contributed by atoms with Crippen molar-refractivity contribution in [2.24, 2.45) is 0 Å². The average molecular weight is 399 g/mol. The van der Waals surface area contributed by atoms with E-state index in [9.17, 15) is 14.0 Å². The fourth-order valence-electron chi connectivity index (χ4n) is 3.88. The minimum atomic E-state index is -0.283. The fraction of sp³-hybridized carbons (Fsp3) is 0.391. The molecule has 1 amide bonds. The molecule has 0 spiro atoms. The SMILES string of the molecule is CC(=O)c1ccc(N2CC[NH+]([C@H](C)C(=O)N(C)Cc3cccc(F)c3)CC2)cc1. The van der Waals surface area contributed by atoms with Crippen molar-refractivity contribution in [1.29, 1.82) is 0 Å². The summed E-state index contributed by atoms with van der Waals surface area (Å²) in [6.45, 7) is 7.41. The molecule has 0 aromatic heterocycles. The van der Waals surface area contributed by atoms with Gasteiger partial charge in [-0.05, 0) is 55.8 Å². The van der Waals surface area contributed by atoms with Gasteiger partial charge in [0.15, 0.2) is 11.8 Å². The Hall–Kier alpha value is -2.73. The number of Topliss-reactive ketones (excluding diaryl/α,β-unsaturated/α-hetero) is 1. The van der Waals surface area contributed by atoms with E-state index in [0.717, 1.165) is 43.0 Å².